The smallest absolute Gasteiger partial charge is 0.236 e. The maximum absolute atomic E-state index is 10.8. The highest BCUT2D eigenvalue weighted by molar-refractivity contribution is 5.79. The summed E-state index contributed by atoms with van der Waals surface area (Å²) in [7, 11) is 1.65. The van der Waals surface area contributed by atoms with Gasteiger partial charge >= 0.3 is 0 Å². The standard InChI is InChI=1S/C7H17N3O/c1-5(2)4-6(7(8)11)10(3)9/h5-6H,4,9H2,1-3H3,(H2,8,11)/t6-/m0/s1. The fraction of sp³-hybridized carbons (Fsp3) is 0.857. The molecule has 0 aromatic heterocycles. The highest BCUT2D eigenvalue weighted by atomic mass is 16.1. The first kappa shape index (κ1) is 10.4. The van der Waals surface area contributed by atoms with Crippen LogP contribution >= 0.6 is 0 Å². The maximum atomic E-state index is 10.8. The third-order valence-corrected chi connectivity index (χ3v) is 1.51. The topological polar surface area (TPSA) is 72.4 Å². The first-order valence-electron chi connectivity index (χ1n) is 3.72. The molecule has 0 saturated heterocycles. The van der Waals surface area contributed by atoms with Gasteiger partial charge in [-0.15, -0.1) is 0 Å². The van der Waals surface area contributed by atoms with Crippen LogP contribution in [0.2, 0.25) is 0 Å². The van der Waals surface area contributed by atoms with Crippen molar-refractivity contribution in [1.29, 1.82) is 0 Å². The molecule has 4 heteroatoms. The predicted octanol–water partition coefficient (Wildman–Crippen LogP) is -0.308. The first-order valence-corrected chi connectivity index (χ1v) is 3.72. The molecule has 1 amide bonds. The minimum absolute atomic E-state index is 0.338. The lowest BCUT2D eigenvalue weighted by Gasteiger charge is -2.21. The van der Waals surface area contributed by atoms with Crippen molar-refractivity contribution in [3.63, 3.8) is 0 Å². The summed E-state index contributed by atoms with van der Waals surface area (Å²) in [5.41, 5.74) is 5.13. The number of nitrogens with zero attached hydrogens (tertiary/aromatic N) is 1. The van der Waals surface area contributed by atoms with E-state index in [2.05, 4.69) is 0 Å². The minimum atomic E-state index is -0.358. The second-order valence-electron chi connectivity index (χ2n) is 3.21. The summed E-state index contributed by atoms with van der Waals surface area (Å²) >= 11 is 0. The molecule has 0 rings (SSSR count). The Morgan fingerprint density at radius 2 is 2.00 bits per heavy atom. The summed E-state index contributed by atoms with van der Waals surface area (Å²) in [6.45, 7) is 4.05. The Hall–Kier alpha value is -0.610. The number of carbonyl (C=O) groups is 1. The molecule has 0 aromatic rings. The predicted molar refractivity (Wildman–Crippen MR) is 44.4 cm³/mol. The van der Waals surface area contributed by atoms with Crippen molar-refractivity contribution in [2.45, 2.75) is 26.3 Å². The van der Waals surface area contributed by atoms with E-state index in [1.54, 1.807) is 7.05 Å². The highest BCUT2D eigenvalue weighted by Gasteiger charge is 2.18. The Bertz CT molecular complexity index is 134. The molecule has 66 valence electrons. The number of primary amides is 1. The summed E-state index contributed by atoms with van der Waals surface area (Å²) in [5, 5.41) is 1.36. The van der Waals surface area contributed by atoms with Crippen LogP contribution in [0.15, 0.2) is 0 Å². The summed E-state index contributed by atoms with van der Waals surface area (Å²) in [5.74, 6) is 5.49. The number of hydrazine groups is 1. The maximum Gasteiger partial charge on any atom is 0.236 e. The molecule has 0 aliphatic carbocycles. The number of likely N-dealkylation sites (N-methyl/N-ethyl adjacent to an activating group) is 1. The molecule has 4 nitrogen and oxygen atoms in total. The lowest BCUT2D eigenvalue weighted by molar-refractivity contribution is -0.123. The molecule has 0 radical (unpaired) electrons. The zero-order chi connectivity index (χ0) is 9.02. The number of hydrogen-bond acceptors (Lipinski definition) is 3. The summed E-state index contributed by atoms with van der Waals surface area (Å²) in [6.07, 6.45) is 0.711. The van der Waals surface area contributed by atoms with Crippen molar-refractivity contribution < 1.29 is 4.79 Å². The monoisotopic (exact) mass is 159 g/mol. The van der Waals surface area contributed by atoms with Gasteiger partial charge in [0.25, 0.3) is 0 Å². The molecule has 0 bridgehead atoms. The van der Waals surface area contributed by atoms with Crippen LogP contribution in [-0.4, -0.2) is 24.0 Å². The van der Waals surface area contributed by atoms with E-state index >= 15 is 0 Å². The van der Waals surface area contributed by atoms with E-state index in [1.807, 2.05) is 13.8 Å². The Morgan fingerprint density at radius 3 is 2.09 bits per heavy atom. The van der Waals surface area contributed by atoms with Gasteiger partial charge < -0.3 is 5.73 Å². The van der Waals surface area contributed by atoms with Gasteiger partial charge in [0, 0.05) is 7.05 Å². The van der Waals surface area contributed by atoms with Crippen LogP contribution in [0.3, 0.4) is 0 Å². The van der Waals surface area contributed by atoms with Crippen molar-refractivity contribution in [2.24, 2.45) is 17.5 Å². The molecule has 0 aliphatic heterocycles. The van der Waals surface area contributed by atoms with E-state index in [4.69, 9.17) is 11.6 Å². The number of rotatable bonds is 4. The summed E-state index contributed by atoms with van der Waals surface area (Å²) in [6, 6.07) is -0.338. The molecular weight excluding hydrogens is 142 g/mol. The fourth-order valence-electron chi connectivity index (χ4n) is 0.930. The van der Waals surface area contributed by atoms with Crippen LogP contribution in [0.1, 0.15) is 20.3 Å². The quantitative estimate of drug-likeness (QED) is 0.436. The molecule has 0 saturated carbocycles. The van der Waals surface area contributed by atoms with Gasteiger partial charge in [-0.3, -0.25) is 10.6 Å². The lowest BCUT2D eigenvalue weighted by atomic mass is 10.0. The van der Waals surface area contributed by atoms with Crippen LogP contribution in [0.4, 0.5) is 0 Å². The molecule has 4 N–H and O–H groups in total. The SMILES string of the molecule is CC(C)C[C@@H](C(N)=O)N(C)N. The summed E-state index contributed by atoms with van der Waals surface area (Å²) < 4.78 is 0. The van der Waals surface area contributed by atoms with Crippen LogP contribution in [0.25, 0.3) is 0 Å². The van der Waals surface area contributed by atoms with Gasteiger partial charge in [0.2, 0.25) is 5.91 Å². The third-order valence-electron chi connectivity index (χ3n) is 1.51. The van der Waals surface area contributed by atoms with E-state index in [-0.39, 0.29) is 11.9 Å². The van der Waals surface area contributed by atoms with Gasteiger partial charge in [-0.1, -0.05) is 13.8 Å². The molecular formula is C7H17N3O. The molecule has 0 fully saturated rings. The van der Waals surface area contributed by atoms with E-state index in [0.717, 1.165) is 0 Å². The van der Waals surface area contributed by atoms with Gasteiger partial charge in [0.1, 0.15) is 6.04 Å². The van der Waals surface area contributed by atoms with Crippen molar-refractivity contribution >= 4 is 5.91 Å². The Labute approximate surface area is 67.5 Å². The van der Waals surface area contributed by atoms with Gasteiger partial charge in [-0.25, -0.2) is 5.01 Å². The summed E-state index contributed by atoms with van der Waals surface area (Å²) in [4.78, 5) is 10.8. The normalized spacial score (nSPS) is 14.0. The Balaban J connectivity index is 4.01. The average Bonchev–Trinajstić information content (AvgIpc) is 1.81. The number of amides is 1. The molecule has 0 spiro atoms. The van der Waals surface area contributed by atoms with Gasteiger partial charge in [0.05, 0.1) is 0 Å². The number of hydrogen-bond donors (Lipinski definition) is 2. The zero-order valence-corrected chi connectivity index (χ0v) is 7.37. The Kier molecular flexibility index (Phi) is 4.07. The van der Waals surface area contributed by atoms with Crippen molar-refractivity contribution in [3.05, 3.63) is 0 Å². The van der Waals surface area contributed by atoms with Crippen LogP contribution in [0, 0.1) is 5.92 Å². The first-order chi connectivity index (χ1) is 4.95. The molecule has 0 heterocycles. The minimum Gasteiger partial charge on any atom is -0.368 e. The second-order valence-corrected chi connectivity index (χ2v) is 3.21. The average molecular weight is 159 g/mol. The largest absolute Gasteiger partial charge is 0.368 e. The zero-order valence-electron chi connectivity index (χ0n) is 7.37. The van der Waals surface area contributed by atoms with Gasteiger partial charge in [-0.05, 0) is 12.3 Å². The van der Waals surface area contributed by atoms with Crippen LogP contribution in [-0.2, 0) is 4.79 Å². The molecule has 0 aliphatic rings. The van der Waals surface area contributed by atoms with Crippen molar-refractivity contribution in [2.75, 3.05) is 7.05 Å². The van der Waals surface area contributed by atoms with Crippen LogP contribution in [0.5, 0.6) is 0 Å². The highest BCUT2D eigenvalue weighted by Crippen LogP contribution is 2.06. The third kappa shape index (κ3) is 3.95. The second kappa shape index (κ2) is 4.31. The lowest BCUT2D eigenvalue weighted by Crippen LogP contribution is -2.46. The number of carbonyl (C=O) groups excluding carboxylic acids is 1. The van der Waals surface area contributed by atoms with E-state index in [9.17, 15) is 4.79 Å². The van der Waals surface area contributed by atoms with E-state index < -0.39 is 0 Å². The van der Waals surface area contributed by atoms with Crippen molar-refractivity contribution in [3.8, 4) is 0 Å². The van der Waals surface area contributed by atoms with Gasteiger partial charge in [-0.2, -0.15) is 0 Å². The van der Waals surface area contributed by atoms with E-state index in [1.165, 1.54) is 5.01 Å². The molecule has 0 unspecified atom stereocenters. The molecule has 11 heavy (non-hydrogen) atoms. The number of nitrogens with two attached hydrogens (primary N) is 2. The molecule has 1 atom stereocenters. The molecule has 0 aromatic carbocycles. The van der Waals surface area contributed by atoms with Crippen LogP contribution < -0.4 is 11.6 Å². The van der Waals surface area contributed by atoms with Crippen molar-refractivity contribution in [1.82, 2.24) is 5.01 Å². The Morgan fingerprint density at radius 1 is 1.55 bits per heavy atom. The fourth-order valence-corrected chi connectivity index (χ4v) is 0.930. The van der Waals surface area contributed by atoms with Gasteiger partial charge in [0.15, 0.2) is 0 Å². The van der Waals surface area contributed by atoms with E-state index in [0.29, 0.717) is 12.3 Å².